The number of hydrogen-bond donors (Lipinski definition) is 2. The standard InChI is InChI=1S/C37H60N2O/c1-3-5-7-9-11-13-15-17-19-21-27-33-29-23-25-31-35(33)38-37(40)39-36-32-26-24-30-34(36)28-22-20-18-16-14-12-10-8-6-4-2/h23-26,29-32H,3-22,27-28H2,1-2H3,(H2,38,39,40). The zero-order valence-corrected chi connectivity index (χ0v) is 26.1. The van der Waals surface area contributed by atoms with Gasteiger partial charge in [-0.3, -0.25) is 0 Å². The number of anilines is 2. The topological polar surface area (TPSA) is 41.1 Å². The average molecular weight is 549 g/mol. The van der Waals surface area contributed by atoms with Crippen LogP contribution in [-0.2, 0) is 12.8 Å². The summed E-state index contributed by atoms with van der Waals surface area (Å²) in [7, 11) is 0. The van der Waals surface area contributed by atoms with Crippen molar-refractivity contribution in [1.82, 2.24) is 0 Å². The van der Waals surface area contributed by atoms with Crippen molar-refractivity contribution in [3.05, 3.63) is 59.7 Å². The molecule has 0 aliphatic heterocycles. The molecule has 0 unspecified atom stereocenters. The normalized spacial score (nSPS) is 11.1. The third-order valence-corrected chi connectivity index (χ3v) is 8.13. The fourth-order valence-electron chi connectivity index (χ4n) is 5.60. The highest BCUT2D eigenvalue weighted by Crippen LogP contribution is 2.22. The number of aryl methyl sites for hydroxylation is 2. The van der Waals surface area contributed by atoms with E-state index in [2.05, 4.69) is 48.7 Å². The number of hydrogen-bond acceptors (Lipinski definition) is 1. The molecule has 0 saturated carbocycles. The summed E-state index contributed by atoms with van der Waals surface area (Å²) < 4.78 is 0. The van der Waals surface area contributed by atoms with E-state index in [1.165, 1.54) is 140 Å². The van der Waals surface area contributed by atoms with Crippen molar-refractivity contribution in [2.45, 2.75) is 155 Å². The Morgan fingerprint density at radius 3 is 1.10 bits per heavy atom. The lowest BCUT2D eigenvalue weighted by molar-refractivity contribution is 0.262. The van der Waals surface area contributed by atoms with Crippen LogP contribution < -0.4 is 10.6 Å². The molecule has 0 spiro atoms. The number of nitrogens with one attached hydrogen (secondary N) is 2. The summed E-state index contributed by atoms with van der Waals surface area (Å²) in [5.41, 5.74) is 4.33. The first-order chi connectivity index (χ1) is 19.7. The Labute approximate surface area is 247 Å². The summed E-state index contributed by atoms with van der Waals surface area (Å²) in [6.45, 7) is 4.55. The van der Waals surface area contributed by atoms with Crippen LogP contribution in [0, 0.1) is 0 Å². The van der Waals surface area contributed by atoms with Crippen LogP contribution in [0.25, 0.3) is 0 Å². The number of carbonyl (C=O) groups excluding carboxylic acids is 1. The van der Waals surface area contributed by atoms with Gasteiger partial charge >= 0.3 is 6.03 Å². The minimum atomic E-state index is -0.147. The van der Waals surface area contributed by atoms with Gasteiger partial charge in [0, 0.05) is 11.4 Å². The van der Waals surface area contributed by atoms with Gasteiger partial charge in [0.2, 0.25) is 0 Å². The molecule has 40 heavy (non-hydrogen) atoms. The Morgan fingerprint density at radius 1 is 0.450 bits per heavy atom. The lowest BCUT2D eigenvalue weighted by Gasteiger charge is -2.14. The Morgan fingerprint density at radius 2 is 0.750 bits per heavy atom. The third-order valence-electron chi connectivity index (χ3n) is 8.13. The van der Waals surface area contributed by atoms with Gasteiger partial charge in [-0.15, -0.1) is 0 Å². The van der Waals surface area contributed by atoms with Crippen molar-refractivity contribution in [2.75, 3.05) is 10.6 Å². The first kappa shape index (κ1) is 33.9. The molecular weight excluding hydrogens is 488 g/mol. The maximum atomic E-state index is 12.9. The van der Waals surface area contributed by atoms with Gasteiger partial charge < -0.3 is 10.6 Å². The molecule has 2 aromatic rings. The highest BCUT2D eigenvalue weighted by atomic mass is 16.2. The molecule has 0 saturated heterocycles. The van der Waals surface area contributed by atoms with Crippen LogP contribution in [0.3, 0.4) is 0 Å². The van der Waals surface area contributed by atoms with E-state index in [9.17, 15) is 4.79 Å². The van der Waals surface area contributed by atoms with Gasteiger partial charge in [-0.05, 0) is 48.9 Å². The molecule has 3 heteroatoms. The maximum absolute atomic E-state index is 12.9. The number of benzene rings is 2. The maximum Gasteiger partial charge on any atom is 0.323 e. The van der Waals surface area contributed by atoms with Crippen molar-refractivity contribution in [1.29, 1.82) is 0 Å². The summed E-state index contributed by atoms with van der Waals surface area (Å²) in [4.78, 5) is 12.9. The number of rotatable bonds is 24. The first-order valence-corrected chi connectivity index (χ1v) is 17.0. The number of amides is 2. The number of carbonyl (C=O) groups is 1. The molecule has 0 aromatic heterocycles. The molecule has 0 atom stereocenters. The van der Waals surface area contributed by atoms with E-state index >= 15 is 0 Å². The minimum Gasteiger partial charge on any atom is -0.307 e. The summed E-state index contributed by atoms with van der Waals surface area (Å²) in [6.07, 6.45) is 28.8. The van der Waals surface area contributed by atoms with E-state index in [-0.39, 0.29) is 6.03 Å². The lowest BCUT2D eigenvalue weighted by Crippen LogP contribution is -2.21. The fraction of sp³-hybridized carbons (Fsp3) is 0.649. The van der Waals surface area contributed by atoms with Gasteiger partial charge in [-0.25, -0.2) is 4.79 Å². The molecule has 3 nitrogen and oxygen atoms in total. The number of urea groups is 1. The average Bonchev–Trinajstić information content (AvgIpc) is 2.96. The Kier molecular flexibility index (Phi) is 19.9. The largest absolute Gasteiger partial charge is 0.323 e. The molecule has 2 rings (SSSR count). The summed E-state index contributed by atoms with van der Waals surface area (Å²) in [5, 5.41) is 6.26. The quantitative estimate of drug-likeness (QED) is 0.126. The molecule has 0 aliphatic rings. The van der Waals surface area contributed by atoms with Gasteiger partial charge in [0.25, 0.3) is 0 Å². The first-order valence-electron chi connectivity index (χ1n) is 17.0. The van der Waals surface area contributed by atoms with E-state index in [4.69, 9.17) is 0 Å². The van der Waals surface area contributed by atoms with Crippen molar-refractivity contribution >= 4 is 17.4 Å². The van der Waals surface area contributed by atoms with Crippen molar-refractivity contribution in [3.8, 4) is 0 Å². The summed E-state index contributed by atoms with van der Waals surface area (Å²) in [6, 6.07) is 16.4. The van der Waals surface area contributed by atoms with Crippen molar-refractivity contribution < 1.29 is 4.79 Å². The predicted octanol–water partition coefficient (Wildman–Crippen LogP) is 12.3. The van der Waals surface area contributed by atoms with Gasteiger partial charge in [0.15, 0.2) is 0 Å². The number of unbranched alkanes of at least 4 members (excludes halogenated alkanes) is 18. The van der Waals surface area contributed by atoms with Crippen molar-refractivity contribution in [3.63, 3.8) is 0 Å². The molecular formula is C37H60N2O. The van der Waals surface area contributed by atoms with Gasteiger partial charge in [-0.1, -0.05) is 166 Å². The highest BCUT2D eigenvalue weighted by molar-refractivity contribution is 6.00. The zero-order valence-electron chi connectivity index (χ0n) is 26.1. The smallest absolute Gasteiger partial charge is 0.307 e. The van der Waals surface area contributed by atoms with Crippen LogP contribution in [0.15, 0.2) is 48.5 Å². The van der Waals surface area contributed by atoms with E-state index < -0.39 is 0 Å². The number of para-hydroxylation sites is 2. The lowest BCUT2D eigenvalue weighted by atomic mass is 10.0. The van der Waals surface area contributed by atoms with Gasteiger partial charge in [-0.2, -0.15) is 0 Å². The summed E-state index contributed by atoms with van der Waals surface area (Å²) >= 11 is 0. The molecule has 2 aromatic carbocycles. The molecule has 0 radical (unpaired) electrons. The molecule has 0 bridgehead atoms. The van der Waals surface area contributed by atoms with Crippen LogP contribution in [-0.4, -0.2) is 6.03 Å². The van der Waals surface area contributed by atoms with Crippen LogP contribution in [0.2, 0.25) is 0 Å². The van der Waals surface area contributed by atoms with Crippen LogP contribution in [0.4, 0.5) is 16.2 Å². The molecule has 2 N–H and O–H groups in total. The Balaban J connectivity index is 1.67. The fourth-order valence-corrected chi connectivity index (χ4v) is 5.60. The monoisotopic (exact) mass is 548 g/mol. The molecule has 0 aliphatic carbocycles. The molecule has 0 fully saturated rings. The van der Waals surface area contributed by atoms with E-state index in [1.807, 2.05) is 24.3 Å². The van der Waals surface area contributed by atoms with Crippen LogP contribution >= 0.6 is 0 Å². The SMILES string of the molecule is CCCCCCCCCCCCc1ccccc1NC(=O)Nc1ccccc1CCCCCCCCCCCC. The van der Waals surface area contributed by atoms with Crippen LogP contribution in [0.1, 0.15) is 153 Å². The molecule has 224 valence electrons. The predicted molar refractivity (Wildman–Crippen MR) is 177 cm³/mol. The van der Waals surface area contributed by atoms with Crippen molar-refractivity contribution in [2.24, 2.45) is 0 Å². The van der Waals surface area contributed by atoms with E-state index in [0.717, 1.165) is 24.2 Å². The van der Waals surface area contributed by atoms with Crippen LogP contribution in [0.5, 0.6) is 0 Å². The van der Waals surface area contributed by atoms with E-state index in [1.54, 1.807) is 0 Å². The second kappa shape index (κ2) is 23.4. The molecule has 0 heterocycles. The Bertz CT molecular complexity index is 822. The zero-order chi connectivity index (χ0) is 28.5. The van der Waals surface area contributed by atoms with E-state index in [0.29, 0.717) is 0 Å². The third kappa shape index (κ3) is 16.1. The second-order valence-electron chi connectivity index (χ2n) is 11.8. The van der Waals surface area contributed by atoms with Gasteiger partial charge in [0.05, 0.1) is 0 Å². The second-order valence-corrected chi connectivity index (χ2v) is 11.8. The van der Waals surface area contributed by atoms with Gasteiger partial charge in [0.1, 0.15) is 0 Å². The minimum absolute atomic E-state index is 0.147. The highest BCUT2D eigenvalue weighted by Gasteiger charge is 2.09. The Hall–Kier alpha value is -2.29. The molecule has 2 amide bonds. The summed E-state index contributed by atoms with van der Waals surface area (Å²) in [5.74, 6) is 0.